The third kappa shape index (κ3) is 3.64. The van der Waals surface area contributed by atoms with Crippen molar-refractivity contribution in [2.24, 2.45) is 0 Å². The van der Waals surface area contributed by atoms with Crippen LogP contribution in [-0.2, 0) is 4.79 Å². The number of anilines is 1. The molecule has 0 radical (unpaired) electrons. The summed E-state index contributed by atoms with van der Waals surface area (Å²) in [6.07, 6.45) is 1.78. The number of nitrogens with one attached hydrogen (secondary N) is 1. The van der Waals surface area contributed by atoms with Gasteiger partial charge in [0.25, 0.3) is 0 Å². The molecule has 0 bridgehead atoms. The number of aliphatic carboxylic acids is 1. The zero-order chi connectivity index (χ0) is 21.3. The van der Waals surface area contributed by atoms with Gasteiger partial charge in [-0.05, 0) is 37.3 Å². The van der Waals surface area contributed by atoms with E-state index in [-0.39, 0.29) is 5.78 Å². The number of hydrogen-bond donors (Lipinski definition) is 2. The molecule has 1 saturated heterocycles. The predicted octanol–water partition coefficient (Wildman–Crippen LogP) is 3.33. The molecule has 7 heteroatoms. The van der Waals surface area contributed by atoms with Crippen LogP contribution >= 0.6 is 0 Å². The van der Waals surface area contributed by atoms with Gasteiger partial charge in [-0.3, -0.25) is 14.5 Å². The van der Waals surface area contributed by atoms with Gasteiger partial charge in [-0.2, -0.15) is 0 Å². The highest BCUT2D eigenvalue weighted by Crippen LogP contribution is 2.33. The zero-order valence-electron chi connectivity index (χ0n) is 17.1. The van der Waals surface area contributed by atoms with Crippen molar-refractivity contribution in [1.82, 2.24) is 9.88 Å². The molecular weight excluding hydrogens is 382 g/mol. The summed E-state index contributed by atoms with van der Waals surface area (Å²) in [5.74, 6) is -0.120. The van der Waals surface area contributed by atoms with E-state index in [9.17, 15) is 14.7 Å². The predicted molar refractivity (Wildman–Crippen MR) is 115 cm³/mol. The molecule has 3 aromatic rings. The van der Waals surface area contributed by atoms with E-state index in [1.165, 1.54) is 0 Å². The van der Waals surface area contributed by atoms with Gasteiger partial charge in [-0.1, -0.05) is 12.1 Å². The first-order valence-corrected chi connectivity index (χ1v) is 9.96. The van der Waals surface area contributed by atoms with Gasteiger partial charge in [0.15, 0.2) is 5.78 Å². The Labute approximate surface area is 174 Å². The summed E-state index contributed by atoms with van der Waals surface area (Å²) in [6, 6.07) is 12.5. The molecule has 2 aromatic carbocycles. The second-order valence-electron chi connectivity index (χ2n) is 7.49. The van der Waals surface area contributed by atoms with E-state index in [0.717, 1.165) is 35.2 Å². The first-order chi connectivity index (χ1) is 14.5. The number of rotatable bonds is 6. The fourth-order valence-corrected chi connectivity index (χ4v) is 4.18. The first kappa shape index (κ1) is 20.0. The molecule has 1 aliphatic heterocycles. The Kier molecular flexibility index (Phi) is 5.46. The number of ether oxygens (including phenoxy) is 1. The molecule has 7 nitrogen and oxygen atoms in total. The maximum atomic E-state index is 12.2. The number of piperazine rings is 1. The number of para-hydroxylation sites is 1. The molecule has 0 aliphatic carbocycles. The Morgan fingerprint density at radius 1 is 1.07 bits per heavy atom. The summed E-state index contributed by atoms with van der Waals surface area (Å²) in [7, 11) is 1.60. The summed E-state index contributed by atoms with van der Waals surface area (Å²) in [6.45, 7) is 4.24. The number of H-pyrrole nitrogens is 1. The second kappa shape index (κ2) is 8.20. The van der Waals surface area contributed by atoms with Gasteiger partial charge >= 0.3 is 5.97 Å². The molecular formula is C23H25N3O4. The van der Waals surface area contributed by atoms with E-state index in [4.69, 9.17) is 4.74 Å². The van der Waals surface area contributed by atoms with Gasteiger partial charge in [0.1, 0.15) is 11.8 Å². The van der Waals surface area contributed by atoms with Gasteiger partial charge in [-0.15, -0.1) is 0 Å². The fourth-order valence-electron chi connectivity index (χ4n) is 4.18. The molecule has 2 heterocycles. The lowest BCUT2D eigenvalue weighted by Crippen LogP contribution is -2.49. The van der Waals surface area contributed by atoms with E-state index < -0.39 is 12.0 Å². The van der Waals surface area contributed by atoms with Crippen LogP contribution in [0.25, 0.3) is 10.9 Å². The Morgan fingerprint density at radius 2 is 1.77 bits per heavy atom. The largest absolute Gasteiger partial charge is 0.495 e. The number of fused-ring (bicyclic) bond motifs is 1. The Hall–Kier alpha value is -3.32. The van der Waals surface area contributed by atoms with E-state index >= 15 is 0 Å². The van der Waals surface area contributed by atoms with E-state index in [1.54, 1.807) is 20.2 Å². The number of ketones is 1. The first-order valence-electron chi connectivity index (χ1n) is 9.96. The van der Waals surface area contributed by atoms with Crippen molar-refractivity contribution in [1.29, 1.82) is 0 Å². The summed E-state index contributed by atoms with van der Waals surface area (Å²) >= 11 is 0. The molecule has 0 saturated carbocycles. The lowest BCUT2D eigenvalue weighted by atomic mass is 10.0. The number of aromatic nitrogens is 1. The van der Waals surface area contributed by atoms with E-state index in [1.807, 2.05) is 47.4 Å². The van der Waals surface area contributed by atoms with Crippen LogP contribution in [0, 0.1) is 0 Å². The number of nitrogens with zero attached hydrogens (tertiary/aromatic N) is 2. The number of carbonyl (C=O) groups excluding carboxylic acids is 1. The Balaban J connectivity index is 1.53. The summed E-state index contributed by atoms with van der Waals surface area (Å²) in [5.41, 5.74) is 3.29. The average molecular weight is 407 g/mol. The fraction of sp³-hybridized carbons (Fsp3) is 0.304. The summed E-state index contributed by atoms with van der Waals surface area (Å²) < 4.78 is 5.39. The number of carboxylic acids is 1. The van der Waals surface area contributed by atoms with Crippen LogP contribution in [0.2, 0.25) is 0 Å². The van der Waals surface area contributed by atoms with Crippen molar-refractivity contribution < 1.29 is 19.4 Å². The standard InChI is InChI=1S/C23H25N3O4/c1-15(27)16-6-8-17(9-7-16)25-10-12-26(13-11-25)22(23(28)29)19-14-24-21-18(19)4-3-5-20(21)30-2/h3-9,14,22,24H,10-13H2,1-2H3,(H,28,29)/t22-/m1/s1. The lowest BCUT2D eigenvalue weighted by molar-refractivity contribution is -0.143. The molecule has 0 unspecified atom stereocenters. The van der Waals surface area contributed by atoms with Gasteiger partial charge < -0.3 is 19.7 Å². The number of Topliss-reactive ketones (excluding diaryl/α,β-unsaturated/α-hetero) is 1. The Morgan fingerprint density at radius 3 is 2.37 bits per heavy atom. The van der Waals surface area contributed by atoms with Crippen LogP contribution in [0.5, 0.6) is 5.75 Å². The van der Waals surface area contributed by atoms with Crippen LogP contribution in [-0.4, -0.2) is 60.0 Å². The maximum Gasteiger partial charge on any atom is 0.325 e. The van der Waals surface area contributed by atoms with Crippen molar-refractivity contribution in [3.05, 3.63) is 59.8 Å². The average Bonchev–Trinajstić information content (AvgIpc) is 3.18. The monoisotopic (exact) mass is 407 g/mol. The van der Waals surface area contributed by atoms with Gasteiger partial charge in [-0.25, -0.2) is 0 Å². The van der Waals surface area contributed by atoms with E-state index in [0.29, 0.717) is 24.4 Å². The highest BCUT2D eigenvalue weighted by molar-refractivity contribution is 5.94. The molecule has 2 N–H and O–H groups in total. The molecule has 0 spiro atoms. The van der Waals surface area contributed by atoms with Crippen LogP contribution < -0.4 is 9.64 Å². The van der Waals surface area contributed by atoms with Gasteiger partial charge in [0, 0.05) is 54.6 Å². The van der Waals surface area contributed by atoms with Gasteiger partial charge in [0.05, 0.1) is 12.6 Å². The van der Waals surface area contributed by atoms with Crippen molar-refractivity contribution in [3.8, 4) is 5.75 Å². The number of hydrogen-bond acceptors (Lipinski definition) is 5. The third-order valence-electron chi connectivity index (χ3n) is 5.78. The van der Waals surface area contributed by atoms with Crippen molar-refractivity contribution >= 4 is 28.3 Å². The molecule has 1 atom stereocenters. The Bertz CT molecular complexity index is 1070. The molecule has 1 fully saturated rings. The highest BCUT2D eigenvalue weighted by atomic mass is 16.5. The minimum atomic E-state index is -0.863. The topological polar surface area (TPSA) is 85.9 Å². The van der Waals surface area contributed by atoms with Gasteiger partial charge in [0.2, 0.25) is 0 Å². The zero-order valence-corrected chi connectivity index (χ0v) is 17.1. The van der Waals surface area contributed by atoms with Crippen molar-refractivity contribution in [2.45, 2.75) is 13.0 Å². The van der Waals surface area contributed by atoms with Crippen LogP contribution in [0.15, 0.2) is 48.7 Å². The third-order valence-corrected chi connectivity index (χ3v) is 5.78. The summed E-state index contributed by atoms with van der Waals surface area (Å²) in [4.78, 5) is 31.1. The highest BCUT2D eigenvalue weighted by Gasteiger charge is 2.32. The number of carboxylic acid groups (broad SMARTS) is 1. The normalized spacial score (nSPS) is 15.9. The second-order valence-corrected chi connectivity index (χ2v) is 7.49. The minimum Gasteiger partial charge on any atom is -0.495 e. The molecule has 4 rings (SSSR count). The van der Waals surface area contributed by atoms with Crippen molar-refractivity contribution in [2.75, 3.05) is 38.2 Å². The lowest BCUT2D eigenvalue weighted by Gasteiger charge is -2.38. The molecule has 1 aliphatic rings. The van der Waals surface area contributed by atoms with Crippen LogP contribution in [0.4, 0.5) is 5.69 Å². The molecule has 156 valence electrons. The van der Waals surface area contributed by atoms with Crippen LogP contribution in [0.3, 0.4) is 0 Å². The molecule has 1 aromatic heterocycles. The van der Waals surface area contributed by atoms with Crippen molar-refractivity contribution in [3.63, 3.8) is 0 Å². The number of benzene rings is 2. The maximum absolute atomic E-state index is 12.2. The molecule has 0 amide bonds. The number of carbonyl (C=O) groups is 2. The smallest absolute Gasteiger partial charge is 0.325 e. The quantitative estimate of drug-likeness (QED) is 0.610. The number of methoxy groups -OCH3 is 1. The SMILES string of the molecule is COc1cccc2c([C@H](C(=O)O)N3CCN(c4ccc(C(C)=O)cc4)CC3)c[nH]c12. The van der Waals surface area contributed by atoms with Crippen LogP contribution in [0.1, 0.15) is 28.9 Å². The van der Waals surface area contributed by atoms with E-state index in [2.05, 4.69) is 9.88 Å². The number of aromatic amines is 1. The molecule has 30 heavy (non-hydrogen) atoms. The minimum absolute atomic E-state index is 0.0472. The summed E-state index contributed by atoms with van der Waals surface area (Å²) in [5, 5.41) is 10.9.